The second-order valence-corrected chi connectivity index (χ2v) is 5.97. The van der Waals surface area contributed by atoms with Crippen molar-refractivity contribution in [3.63, 3.8) is 0 Å². The Hall–Kier alpha value is -2.57. The second kappa shape index (κ2) is 8.17. The molecule has 0 heterocycles. The fourth-order valence-electron chi connectivity index (χ4n) is 1.58. The molecule has 0 aromatic heterocycles. The third-order valence-electron chi connectivity index (χ3n) is 2.54. The van der Waals surface area contributed by atoms with Crippen molar-refractivity contribution in [3.05, 3.63) is 29.8 Å². The number of carbonyl (C=O) groups is 3. The molecule has 23 heavy (non-hydrogen) atoms. The molecule has 7 heteroatoms. The number of esters is 1. The minimum Gasteiger partial charge on any atom is -0.482 e. The fourth-order valence-corrected chi connectivity index (χ4v) is 1.58. The SMILES string of the molecule is Cc1ccccc1OCC(=O)OCC(=O)NC(=O)NC(C)(C)C. The Morgan fingerprint density at radius 3 is 2.35 bits per heavy atom. The maximum Gasteiger partial charge on any atom is 0.344 e. The largest absolute Gasteiger partial charge is 0.482 e. The molecule has 1 rings (SSSR count). The van der Waals surface area contributed by atoms with Crippen LogP contribution in [0, 0.1) is 6.92 Å². The van der Waals surface area contributed by atoms with Crippen LogP contribution >= 0.6 is 0 Å². The van der Waals surface area contributed by atoms with Crippen LogP contribution in [0.25, 0.3) is 0 Å². The lowest BCUT2D eigenvalue weighted by Crippen LogP contribution is -2.49. The van der Waals surface area contributed by atoms with E-state index in [-0.39, 0.29) is 6.61 Å². The van der Waals surface area contributed by atoms with Crippen LogP contribution in [0.3, 0.4) is 0 Å². The zero-order chi connectivity index (χ0) is 17.5. The van der Waals surface area contributed by atoms with Crippen LogP contribution in [0.4, 0.5) is 4.79 Å². The number of para-hydroxylation sites is 1. The van der Waals surface area contributed by atoms with Crippen LogP contribution in [-0.4, -0.2) is 36.7 Å². The summed E-state index contributed by atoms with van der Waals surface area (Å²) in [5.74, 6) is -0.839. The number of carbonyl (C=O) groups excluding carboxylic acids is 3. The Labute approximate surface area is 135 Å². The molecule has 0 bridgehead atoms. The summed E-state index contributed by atoms with van der Waals surface area (Å²) in [7, 11) is 0. The average molecular weight is 322 g/mol. The quantitative estimate of drug-likeness (QED) is 0.802. The molecule has 0 aliphatic carbocycles. The molecule has 0 unspecified atom stereocenters. The Balaban J connectivity index is 2.29. The molecule has 2 N–H and O–H groups in total. The van der Waals surface area contributed by atoms with E-state index in [0.29, 0.717) is 5.75 Å². The zero-order valence-electron chi connectivity index (χ0n) is 13.8. The van der Waals surface area contributed by atoms with E-state index in [9.17, 15) is 14.4 Å². The number of aryl methyl sites for hydroxylation is 1. The second-order valence-electron chi connectivity index (χ2n) is 5.97. The Morgan fingerprint density at radius 2 is 1.74 bits per heavy atom. The number of rotatable bonds is 5. The molecule has 1 aromatic carbocycles. The number of benzene rings is 1. The first kappa shape index (κ1) is 18.5. The van der Waals surface area contributed by atoms with Crippen molar-refractivity contribution in [1.82, 2.24) is 10.6 Å². The topological polar surface area (TPSA) is 93.7 Å². The molecule has 7 nitrogen and oxygen atoms in total. The Morgan fingerprint density at radius 1 is 1.09 bits per heavy atom. The first-order valence-corrected chi connectivity index (χ1v) is 7.13. The van der Waals surface area contributed by atoms with Crippen LogP contribution in [0.5, 0.6) is 5.75 Å². The fraction of sp³-hybridized carbons (Fsp3) is 0.438. The van der Waals surface area contributed by atoms with E-state index in [1.165, 1.54) is 0 Å². The molecule has 0 spiro atoms. The van der Waals surface area contributed by atoms with E-state index in [0.717, 1.165) is 5.56 Å². The molecule has 0 fully saturated rings. The van der Waals surface area contributed by atoms with E-state index in [4.69, 9.17) is 9.47 Å². The van der Waals surface area contributed by atoms with Gasteiger partial charge in [-0.3, -0.25) is 10.1 Å². The summed E-state index contributed by atoms with van der Waals surface area (Å²) in [4.78, 5) is 34.5. The van der Waals surface area contributed by atoms with Crippen molar-refractivity contribution < 1.29 is 23.9 Å². The number of imide groups is 1. The van der Waals surface area contributed by atoms with Gasteiger partial charge in [0, 0.05) is 5.54 Å². The van der Waals surface area contributed by atoms with E-state index in [1.807, 2.05) is 19.1 Å². The zero-order valence-corrected chi connectivity index (χ0v) is 13.8. The molecule has 0 aliphatic heterocycles. The third kappa shape index (κ3) is 7.85. The van der Waals surface area contributed by atoms with Crippen LogP contribution < -0.4 is 15.4 Å². The van der Waals surface area contributed by atoms with Gasteiger partial charge in [0.2, 0.25) is 0 Å². The highest BCUT2D eigenvalue weighted by atomic mass is 16.6. The van der Waals surface area contributed by atoms with Crippen molar-refractivity contribution in [2.45, 2.75) is 33.2 Å². The molecule has 0 saturated carbocycles. The van der Waals surface area contributed by atoms with Gasteiger partial charge < -0.3 is 14.8 Å². The van der Waals surface area contributed by atoms with Gasteiger partial charge in [0.05, 0.1) is 0 Å². The lowest BCUT2D eigenvalue weighted by atomic mass is 10.1. The van der Waals surface area contributed by atoms with E-state index < -0.39 is 30.1 Å². The van der Waals surface area contributed by atoms with E-state index in [1.54, 1.807) is 32.9 Å². The predicted molar refractivity (Wildman–Crippen MR) is 84.1 cm³/mol. The highest BCUT2D eigenvalue weighted by Gasteiger charge is 2.16. The molecule has 0 saturated heterocycles. The summed E-state index contributed by atoms with van der Waals surface area (Å²) >= 11 is 0. The smallest absolute Gasteiger partial charge is 0.344 e. The van der Waals surface area contributed by atoms with Gasteiger partial charge in [0.1, 0.15) is 5.75 Å². The molecule has 1 aromatic rings. The summed E-state index contributed by atoms with van der Waals surface area (Å²) in [5, 5.41) is 4.62. The van der Waals surface area contributed by atoms with Crippen molar-refractivity contribution in [2.75, 3.05) is 13.2 Å². The third-order valence-corrected chi connectivity index (χ3v) is 2.54. The maximum atomic E-state index is 11.5. The summed E-state index contributed by atoms with van der Waals surface area (Å²) in [6.07, 6.45) is 0. The van der Waals surface area contributed by atoms with Gasteiger partial charge >= 0.3 is 12.0 Å². The van der Waals surface area contributed by atoms with Crippen molar-refractivity contribution >= 4 is 17.9 Å². The van der Waals surface area contributed by atoms with Gasteiger partial charge in [-0.2, -0.15) is 0 Å². The first-order valence-electron chi connectivity index (χ1n) is 7.13. The Bertz CT molecular complexity index is 578. The van der Waals surface area contributed by atoms with Crippen LogP contribution in [0.2, 0.25) is 0 Å². The molecular weight excluding hydrogens is 300 g/mol. The molecule has 126 valence electrons. The summed E-state index contributed by atoms with van der Waals surface area (Å²) in [5.41, 5.74) is 0.416. The van der Waals surface area contributed by atoms with Crippen molar-refractivity contribution in [3.8, 4) is 5.75 Å². The Kier molecular flexibility index (Phi) is 6.56. The average Bonchev–Trinajstić information content (AvgIpc) is 2.42. The number of hydrogen-bond donors (Lipinski definition) is 2. The van der Waals surface area contributed by atoms with Crippen molar-refractivity contribution in [1.29, 1.82) is 0 Å². The summed E-state index contributed by atoms with van der Waals surface area (Å²) < 4.78 is 10.0. The standard InChI is InChI=1S/C16H22N2O5/c1-11-7-5-6-8-12(11)22-10-14(20)23-9-13(19)17-15(21)18-16(2,3)4/h5-8H,9-10H2,1-4H3,(H2,17,18,19,21). The van der Waals surface area contributed by atoms with Gasteiger partial charge in [-0.25, -0.2) is 9.59 Å². The molecule has 3 amide bonds. The molecule has 0 radical (unpaired) electrons. The van der Waals surface area contributed by atoms with Crippen LogP contribution in [0.15, 0.2) is 24.3 Å². The first-order chi connectivity index (χ1) is 10.7. The summed E-state index contributed by atoms with van der Waals surface area (Å²) in [6.45, 7) is 6.32. The molecule has 0 aliphatic rings. The molecule has 0 atom stereocenters. The maximum absolute atomic E-state index is 11.5. The van der Waals surface area contributed by atoms with E-state index >= 15 is 0 Å². The van der Waals surface area contributed by atoms with E-state index in [2.05, 4.69) is 10.6 Å². The van der Waals surface area contributed by atoms with Gasteiger partial charge in [-0.05, 0) is 39.3 Å². The lowest BCUT2D eigenvalue weighted by molar-refractivity contribution is -0.150. The highest BCUT2D eigenvalue weighted by molar-refractivity contribution is 5.95. The van der Waals surface area contributed by atoms with Gasteiger partial charge in [0.15, 0.2) is 13.2 Å². The van der Waals surface area contributed by atoms with Gasteiger partial charge in [0.25, 0.3) is 5.91 Å². The van der Waals surface area contributed by atoms with Crippen molar-refractivity contribution in [2.24, 2.45) is 0 Å². The number of hydrogen-bond acceptors (Lipinski definition) is 5. The van der Waals surface area contributed by atoms with Gasteiger partial charge in [-0.1, -0.05) is 18.2 Å². The summed E-state index contributed by atoms with van der Waals surface area (Å²) in [6, 6.07) is 6.57. The number of ether oxygens (including phenoxy) is 2. The minimum absolute atomic E-state index is 0.313. The van der Waals surface area contributed by atoms with Crippen LogP contribution in [-0.2, 0) is 14.3 Å². The number of nitrogens with one attached hydrogen (secondary N) is 2. The molecular formula is C16H22N2O5. The highest BCUT2D eigenvalue weighted by Crippen LogP contribution is 2.15. The van der Waals surface area contributed by atoms with Crippen LogP contribution in [0.1, 0.15) is 26.3 Å². The lowest BCUT2D eigenvalue weighted by Gasteiger charge is -2.20. The monoisotopic (exact) mass is 322 g/mol. The van der Waals surface area contributed by atoms with Gasteiger partial charge in [-0.15, -0.1) is 0 Å². The minimum atomic E-state index is -0.712. The number of amides is 3. The predicted octanol–water partition coefficient (Wildman–Crippen LogP) is 1.54. The number of urea groups is 1. The normalized spacial score (nSPS) is 10.6.